The number of aromatic carboxylic acids is 1. The molecule has 1 saturated carbocycles. The Morgan fingerprint density at radius 3 is 2.60 bits per heavy atom. The van der Waals surface area contributed by atoms with Gasteiger partial charge in [0, 0.05) is 6.54 Å². The molecule has 0 saturated heterocycles. The van der Waals surface area contributed by atoms with Gasteiger partial charge in [0.1, 0.15) is 5.82 Å². The van der Waals surface area contributed by atoms with Crippen molar-refractivity contribution in [3.63, 3.8) is 0 Å². The van der Waals surface area contributed by atoms with Crippen LogP contribution in [-0.4, -0.2) is 23.7 Å². The lowest BCUT2D eigenvalue weighted by molar-refractivity contribution is 0.0696. The SMILES string of the molecule is CC1(CNC(=O)Nc2ccc(C(=O)O)cc2F)CCC1. The fourth-order valence-corrected chi connectivity index (χ4v) is 2.17. The van der Waals surface area contributed by atoms with E-state index in [9.17, 15) is 14.0 Å². The Labute approximate surface area is 116 Å². The molecular formula is C14H17FN2O3. The van der Waals surface area contributed by atoms with Crippen LogP contribution in [0.1, 0.15) is 36.5 Å². The number of hydrogen-bond acceptors (Lipinski definition) is 2. The summed E-state index contributed by atoms with van der Waals surface area (Å²) >= 11 is 0. The molecule has 0 aliphatic heterocycles. The molecule has 20 heavy (non-hydrogen) atoms. The molecule has 1 aliphatic rings. The maximum atomic E-state index is 13.6. The van der Waals surface area contributed by atoms with Gasteiger partial charge in [-0.05, 0) is 36.5 Å². The topological polar surface area (TPSA) is 78.4 Å². The van der Waals surface area contributed by atoms with E-state index >= 15 is 0 Å². The second kappa shape index (κ2) is 5.48. The van der Waals surface area contributed by atoms with Crippen LogP contribution >= 0.6 is 0 Å². The molecule has 1 fully saturated rings. The zero-order valence-electron chi connectivity index (χ0n) is 11.2. The number of carboxylic acids is 1. The predicted molar refractivity (Wildman–Crippen MR) is 72.3 cm³/mol. The summed E-state index contributed by atoms with van der Waals surface area (Å²) in [5.41, 5.74) is -0.0510. The van der Waals surface area contributed by atoms with Gasteiger partial charge in [-0.2, -0.15) is 0 Å². The maximum Gasteiger partial charge on any atom is 0.335 e. The number of benzene rings is 1. The standard InChI is InChI=1S/C14H17FN2O3/c1-14(5-2-6-14)8-16-13(20)17-11-4-3-9(12(18)19)7-10(11)15/h3-4,7H,2,5-6,8H2,1H3,(H,18,19)(H2,16,17,20). The Morgan fingerprint density at radius 1 is 1.40 bits per heavy atom. The van der Waals surface area contributed by atoms with Crippen LogP contribution in [0.5, 0.6) is 0 Å². The monoisotopic (exact) mass is 280 g/mol. The third-order valence-electron chi connectivity index (χ3n) is 3.70. The quantitative estimate of drug-likeness (QED) is 0.793. The molecule has 6 heteroatoms. The number of carboxylic acid groups (broad SMARTS) is 1. The van der Waals surface area contributed by atoms with Crippen LogP contribution < -0.4 is 10.6 Å². The summed E-state index contributed by atoms with van der Waals surface area (Å²) in [7, 11) is 0. The van der Waals surface area contributed by atoms with E-state index < -0.39 is 17.8 Å². The van der Waals surface area contributed by atoms with Gasteiger partial charge in [0.2, 0.25) is 0 Å². The van der Waals surface area contributed by atoms with Gasteiger partial charge in [-0.15, -0.1) is 0 Å². The van der Waals surface area contributed by atoms with Gasteiger partial charge >= 0.3 is 12.0 Å². The molecule has 0 bridgehead atoms. The Balaban J connectivity index is 1.92. The second-order valence-corrected chi connectivity index (χ2v) is 5.47. The highest BCUT2D eigenvalue weighted by molar-refractivity contribution is 5.91. The van der Waals surface area contributed by atoms with Gasteiger partial charge in [0.15, 0.2) is 0 Å². The summed E-state index contributed by atoms with van der Waals surface area (Å²) in [6.45, 7) is 2.65. The molecule has 1 aromatic carbocycles. The number of carbonyl (C=O) groups is 2. The number of amides is 2. The smallest absolute Gasteiger partial charge is 0.335 e. The van der Waals surface area contributed by atoms with Crippen molar-refractivity contribution in [1.82, 2.24) is 5.32 Å². The molecule has 0 unspecified atom stereocenters. The van der Waals surface area contributed by atoms with Crippen LogP contribution in [0.3, 0.4) is 0 Å². The van der Waals surface area contributed by atoms with E-state index in [1.54, 1.807) is 0 Å². The molecule has 0 spiro atoms. The average Bonchev–Trinajstić information content (AvgIpc) is 2.36. The van der Waals surface area contributed by atoms with E-state index in [-0.39, 0.29) is 16.7 Å². The minimum atomic E-state index is -1.21. The van der Waals surface area contributed by atoms with Gasteiger partial charge in [0.25, 0.3) is 0 Å². The van der Waals surface area contributed by atoms with E-state index in [2.05, 4.69) is 17.6 Å². The van der Waals surface area contributed by atoms with Crippen LogP contribution in [0.15, 0.2) is 18.2 Å². The zero-order chi connectivity index (χ0) is 14.8. The molecule has 2 amide bonds. The lowest BCUT2D eigenvalue weighted by atomic mass is 9.70. The van der Waals surface area contributed by atoms with Crippen molar-refractivity contribution in [2.24, 2.45) is 5.41 Å². The summed E-state index contributed by atoms with van der Waals surface area (Å²) in [5.74, 6) is -1.98. The number of nitrogens with one attached hydrogen (secondary N) is 2. The van der Waals surface area contributed by atoms with Crippen LogP contribution in [0.2, 0.25) is 0 Å². The lowest BCUT2D eigenvalue weighted by Crippen LogP contribution is -2.41. The van der Waals surface area contributed by atoms with Crippen molar-refractivity contribution in [3.8, 4) is 0 Å². The van der Waals surface area contributed by atoms with E-state index in [1.165, 1.54) is 18.6 Å². The number of anilines is 1. The molecule has 1 aliphatic carbocycles. The molecule has 0 heterocycles. The van der Waals surface area contributed by atoms with E-state index in [1.807, 2.05) is 0 Å². The number of carbonyl (C=O) groups excluding carboxylic acids is 1. The first kappa shape index (κ1) is 14.3. The van der Waals surface area contributed by atoms with E-state index in [0.29, 0.717) is 6.54 Å². The van der Waals surface area contributed by atoms with Gasteiger partial charge in [-0.1, -0.05) is 13.3 Å². The van der Waals surface area contributed by atoms with Crippen molar-refractivity contribution in [3.05, 3.63) is 29.6 Å². The highest BCUT2D eigenvalue weighted by atomic mass is 19.1. The highest BCUT2D eigenvalue weighted by Gasteiger charge is 2.31. The fraction of sp³-hybridized carbons (Fsp3) is 0.429. The summed E-state index contributed by atoms with van der Waals surface area (Å²) in [6, 6.07) is 2.88. The molecule has 0 radical (unpaired) electrons. The first-order valence-electron chi connectivity index (χ1n) is 6.47. The Bertz CT molecular complexity index is 541. The summed E-state index contributed by atoms with van der Waals surface area (Å²) in [4.78, 5) is 22.3. The first-order valence-corrected chi connectivity index (χ1v) is 6.47. The summed E-state index contributed by atoms with van der Waals surface area (Å²) in [6.07, 6.45) is 3.33. The predicted octanol–water partition coefficient (Wildman–Crippen LogP) is 2.84. The van der Waals surface area contributed by atoms with Gasteiger partial charge in [-0.25, -0.2) is 14.0 Å². The third kappa shape index (κ3) is 3.26. The molecule has 0 aromatic heterocycles. The minimum Gasteiger partial charge on any atom is -0.478 e. The zero-order valence-corrected chi connectivity index (χ0v) is 11.2. The number of urea groups is 1. The number of hydrogen-bond donors (Lipinski definition) is 3. The minimum absolute atomic E-state index is 0.0359. The van der Waals surface area contributed by atoms with Crippen LogP contribution in [0, 0.1) is 11.2 Å². The molecule has 3 N–H and O–H groups in total. The molecule has 5 nitrogen and oxygen atoms in total. The highest BCUT2D eigenvalue weighted by Crippen LogP contribution is 2.39. The van der Waals surface area contributed by atoms with E-state index in [4.69, 9.17) is 5.11 Å². The first-order chi connectivity index (χ1) is 9.39. The molecule has 0 atom stereocenters. The van der Waals surface area contributed by atoms with Gasteiger partial charge in [0.05, 0.1) is 11.3 Å². The average molecular weight is 280 g/mol. The fourth-order valence-electron chi connectivity index (χ4n) is 2.17. The Kier molecular flexibility index (Phi) is 3.92. The molecular weight excluding hydrogens is 263 g/mol. The van der Waals surface area contributed by atoms with Crippen molar-refractivity contribution >= 4 is 17.7 Å². The van der Waals surface area contributed by atoms with E-state index in [0.717, 1.165) is 18.9 Å². The van der Waals surface area contributed by atoms with Crippen molar-refractivity contribution in [2.45, 2.75) is 26.2 Å². The molecule has 2 rings (SSSR count). The summed E-state index contributed by atoms with van der Waals surface area (Å²) < 4.78 is 13.6. The van der Waals surface area contributed by atoms with Crippen LogP contribution in [0.4, 0.5) is 14.9 Å². The van der Waals surface area contributed by atoms with Gasteiger partial charge < -0.3 is 15.7 Å². The Hall–Kier alpha value is -2.11. The van der Waals surface area contributed by atoms with Crippen LogP contribution in [-0.2, 0) is 0 Å². The number of halogens is 1. The third-order valence-corrected chi connectivity index (χ3v) is 3.70. The summed E-state index contributed by atoms with van der Waals surface area (Å²) in [5, 5.41) is 13.8. The van der Waals surface area contributed by atoms with Crippen molar-refractivity contribution in [2.75, 3.05) is 11.9 Å². The lowest BCUT2D eigenvalue weighted by Gasteiger charge is -2.38. The maximum absolute atomic E-state index is 13.6. The van der Waals surface area contributed by atoms with Crippen molar-refractivity contribution in [1.29, 1.82) is 0 Å². The van der Waals surface area contributed by atoms with Crippen LogP contribution in [0.25, 0.3) is 0 Å². The number of rotatable bonds is 4. The molecule has 1 aromatic rings. The second-order valence-electron chi connectivity index (χ2n) is 5.47. The normalized spacial score (nSPS) is 16.1. The molecule has 108 valence electrons. The van der Waals surface area contributed by atoms with Crippen molar-refractivity contribution < 1.29 is 19.1 Å². The largest absolute Gasteiger partial charge is 0.478 e. The Morgan fingerprint density at radius 2 is 2.10 bits per heavy atom. The van der Waals surface area contributed by atoms with Gasteiger partial charge in [-0.3, -0.25) is 0 Å².